The predicted octanol–water partition coefficient (Wildman–Crippen LogP) is 5.45. The van der Waals surface area contributed by atoms with Crippen molar-refractivity contribution < 1.29 is 0 Å². The Balaban J connectivity index is 1.46. The Morgan fingerprint density at radius 2 is 1.67 bits per heavy atom. The summed E-state index contributed by atoms with van der Waals surface area (Å²) in [6.07, 6.45) is 7.65. The van der Waals surface area contributed by atoms with E-state index < -0.39 is 0 Å². The summed E-state index contributed by atoms with van der Waals surface area (Å²) >= 11 is 0. The van der Waals surface area contributed by atoms with Gasteiger partial charge in [0.1, 0.15) is 5.82 Å². The Bertz CT molecular complexity index is 1100. The van der Waals surface area contributed by atoms with E-state index in [4.69, 9.17) is 4.98 Å². The highest BCUT2D eigenvalue weighted by molar-refractivity contribution is 5.89. The molecule has 0 unspecified atom stereocenters. The zero-order chi connectivity index (χ0) is 20.3. The third-order valence-corrected chi connectivity index (χ3v) is 6.04. The molecule has 0 amide bonds. The van der Waals surface area contributed by atoms with Crippen molar-refractivity contribution in [2.45, 2.75) is 26.4 Å². The standard InChI is InChI=1S/C27H27N3/c1-2-22-11-6-7-12-23(22)19-30-20-24-18-29(17-21-9-4-3-5-10-21)16-14-25(24)26-13-8-15-28-27(26)30/h3-15,20H,2,16-19H2,1H3. The van der Waals surface area contributed by atoms with Gasteiger partial charge in [0.25, 0.3) is 0 Å². The molecule has 0 saturated heterocycles. The molecule has 0 saturated carbocycles. The molecule has 150 valence electrons. The SMILES string of the molecule is CCc1ccccc1CN1C=C2CN(Cc3ccccc3)CC=C2c2cccnc21. The lowest BCUT2D eigenvalue weighted by Crippen LogP contribution is -2.33. The van der Waals surface area contributed by atoms with E-state index in [0.29, 0.717) is 0 Å². The highest BCUT2D eigenvalue weighted by atomic mass is 15.2. The van der Waals surface area contributed by atoms with E-state index in [1.807, 2.05) is 6.20 Å². The first-order chi connectivity index (χ1) is 14.8. The Hall–Kier alpha value is -3.17. The van der Waals surface area contributed by atoms with Crippen molar-refractivity contribution in [3.63, 3.8) is 0 Å². The van der Waals surface area contributed by atoms with Crippen LogP contribution in [0.2, 0.25) is 0 Å². The molecule has 3 aromatic rings. The van der Waals surface area contributed by atoms with Gasteiger partial charge < -0.3 is 4.90 Å². The third-order valence-electron chi connectivity index (χ3n) is 6.04. The Labute approximate surface area is 179 Å². The van der Waals surface area contributed by atoms with Crippen molar-refractivity contribution >= 4 is 11.4 Å². The molecule has 0 aliphatic carbocycles. The fraction of sp³-hybridized carbons (Fsp3) is 0.222. The van der Waals surface area contributed by atoms with Crippen LogP contribution >= 0.6 is 0 Å². The van der Waals surface area contributed by atoms with Crippen LogP contribution in [0.3, 0.4) is 0 Å². The van der Waals surface area contributed by atoms with E-state index in [2.05, 4.69) is 95.7 Å². The van der Waals surface area contributed by atoms with Crippen molar-refractivity contribution in [3.8, 4) is 0 Å². The molecule has 30 heavy (non-hydrogen) atoms. The monoisotopic (exact) mass is 393 g/mol. The van der Waals surface area contributed by atoms with Crippen LogP contribution in [0.25, 0.3) is 5.57 Å². The van der Waals surface area contributed by atoms with Gasteiger partial charge >= 0.3 is 0 Å². The van der Waals surface area contributed by atoms with Crippen LogP contribution in [0.1, 0.15) is 29.2 Å². The number of hydrogen-bond donors (Lipinski definition) is 0. The highest BCUT2D eigenvalue weighted by Crippen LogP contribution is 2.38. The van der Waals surface area contributed by atoms with Crippen molar-refractivity contribution in [2.75, 3.05) is 18.0 Å². The largest absolute Gasteiger partial charge is 0.328 e. The Kier molecular flexibility index (Phi) is 5.20. The van der Waals surface area contributed by atoms with Gasteiger partial charge in [-0.25, -0.2) is 4.98 Å². The van der Waals surface area contributed by atoms with Crippen molar-refractivity contribution in [1.82, 2.24) is 9.88 Å². The van der Waals surface area contributed by atoms with Gasteiger partial charge in [0.05, 0.1) is 0 Å². The van der Waals surface area contributed by atoms with Crippen LogP contribution in [-0.4, -0.2) is 23.0 Å². The minimum absolute atomic E-state index is 0.851. The maximum atomic E-state index is 4.76. The average Bonchev–Trinajstić information content (AvgIpc) is 2.80. The Morgan fingerprint density at radius 3 is 2.50 bits per heavy atom. The van der Waals surface area contributed by atoms with Gasteiger partial charge in [0.2, 0.25) is 0 Å². The van der Waals surface area contributed by atoms with E-state index in [1.54, 1.807) is 0 Å². The molecule has 0 atom stereocenters. The number of fused-ring (bicyclic) bond motifs is 3. The lowest BCUT2D eigenvalue weighted by molar-refractivity contribution is 0.317. The molecule has 5 rings (SSSR count). The summed E-state index contributed by atoms with van der Waals surface area (Å²) in [7, 11) is 0. The van der Waals surface area contributed by atoms with Crippen LogP contribution in [0, 0.1) is 0 Å². The second-order valence-corrected chi connectivity index (χ2v) is 8.05. The minimum Gasteiger partial charge on any atom is -0.328 e. The summed E-state index contributed by atoms with van der Waals surface area (Å²) < 4.78 is 0. The molecule has 3 heteroatoms. The second-order valence-electron chi connectivity index (χ2n) is 8.05. The molecule has 0 fully saturated rings. The van der Waals surface area contributed by atoms with Gasteiger partial charge in [-0.1, -0.05) is 67.6 Å². The van der Waals surface area contributed by atoms with Crippen LogP contribution in [0.15, 0.2) is 90.8 Å². The molecule has 0 N–H and O–H groups in total. The number of aryl methyl sites for hydroxylation is 1. The zero-order valence-corrected chi connectivity index (χ0v) is 17.5. The number of pyridine rings is 1. The quantitative estimate of drug-likeness (QED) is 0.575. The molecular weight excluding hydrogens is 366 g/mol. The molecule has 3 heterocycles. The molecule has 0 bridgehead atoms. The fourth-order valence-electron chi connectivity index (χ4n) is 4.54. The van der Waals surface area contributed by atoms with E-state index in [-0.39, 0.29) is 0 Å². The number of anilines is 1. The second kappa shape index (κ2) is 8.29. The van der Waals surface area contributed by atoms with Gasteiger partial charge in [-0.05, 0) is 46.4 Å². The molecule has 0 radical (unpaired) electrons. The van der Waals surface area contributed by atoms with Crippen LogP contribution < -0.4 is 4.90 Å². The molecular formula is C27H27N3. The van der Waals surface area contributed by atoms with Gasteiger partial charge in [-0.2, -0.15) is 0 Å². The summed E-state index contributed by atoms with van der Waals surface area (Å²) in [5, 5.41) is 0. The van der Waals surface area contributed by atoms with E-state index >= 15 is 0 Å². The lowest BCUT2D eigenvalue weighted by atomic mass is 9.91. The van der Waals surface area contributed by atoms with Gasteiger partial charge in [-0.3, -0.25) is 4.90 Å². The number of aromatic nitrogens is 1. The smallest absolute Gasteiger partial charge is 0.140 e. The van der Waals surface area contributed by atoms with Crippen LogP contribution in [0.5, 0.6) is 0 Å². The van der Waals surface area contributed by atoms with E-state index in [9.17, 15) is 0 Å². The van der Waals surface area contributed by atoms with Gasteiger partial charge in [-0.15, -0.1) is 0 Å². The minimum atomic E-state index is 0.851. The highest BCUT2D eigenvalue weighted by Gasteiger charge is 2.27. The summed E-state index contributed by atoms with van der Waals surface area (Å²) in [6, 6.07) is 23.8. The van der Waals surface area contributed by atoms with E-state index in [0.717, 1.165) is 38.4 Å². The maximum absolute atomic E-state index is 4.76. The Morgan fingerprint density at radius 1 is 0.867 bits per heavy atom. The number of benzene rings is 2. The molecule has 3 nitrogen and oxygen atoms in total. The van der Waals surface area contributed by atoms with Gasteiger partial charge in [0, 0.05) is 44.1 Å². The number of rotatable bonds is 5. The zero-order valence-electron chi connectivity index (χ0n) is 17.5. The van der Waals surface area contributed by atoms with Crippen LogP contribution in [0.4, 0.5) is 5.82 Å². The first-order valence-electron chi connectivity index (χ1n) is 10.8. The molecule has 2 aromatic carbocycles. The summed E-state index contributed by atoms with van der Waals surface area (Å²) in [6.45, 7) is 5.97. The number of nitrogens with zero attached hydrogens (tertiary/aromatic N) is 3. The maximum Gasteiger partial charge on any atom is 0.140 e. The summed E-state index contributed by atoms with van der Waals surface area (Å²) in [4.78, 5) is 9.60. The van der Waals surface area contributed by atoms with Crippen molar-refractivity contribution in [1.29, 1.82) is 0 Å². The summed E-state index contributed by atoms with van der Waals surface area (Å²) in [5.74, 6) is 1.06. The lowest BCUT2D eigenvalue weighted by Gasteiger charge is -2.35. The summed E-state index contributed by atoms with van der Waals surface area (Å²) in [5.41, 5.74) is 8.13. The third kappa shape index (κ3) is 3.69. The molecule has 1 aromatic heterocycles. The van der Waals surface area contributed by atoms with Crippen molar-refractivity contribution in [2.24, 2.45) is 0 Å². The predicted molar refractivity (Wildman–Crippen MR) is 124 cm³/mol. The van der Waals surface area contributed by atoms with Crippen molar-refractivity contribution in [3.05, 3.63) is 113 Å². The number of hydrogen-bond acceptors (Lipinski definition) is 3. The first-order valence-corrected chi connectivity index (χ1v) is 10.8. The normalized spacial score (nSPS) is 15.8. The first kappa shape index (κ1) is 18.8. The van der Waals surface area contributed by atoms with Gasteiger partial charge in [0.15, 0.2) is 0 Å². The molecule has 0 spiro atoms. The average molecular weight is 394 g/mol. The topological polar surface area (TPSA) is 19.4 Å². The fourth-order valence-corrected chi connectivity index (χ4v) is 4.54. The molecule has 2 aliphatic heterocycles. The van der Waals surface area contributed by atoms with E-state index in [1.165, 1.54) is 33.4 Å². The van der Waals surface area contributed by atoms with Crippen LogP contribution in [-0.2, 0) is 19.5 Å². The molecule has 2 aliphatic rings.